The van der Waals surface area contributed by atoms with Crippen LogP contribution in [0.2, 0.25) is 5.02 Å². The van der Waals surface area contributed by atoms with Crippen molar-refractivity contribution in [1.82, 2.24) is 10.6 Å². The number of carbonyl (C=O) groups is 1. The van der Waals surface area contributed by atoms with Gasteiger partial charge in [0.15, 0.2) is 11.5 Å². The van der Waals surface area contributed by atoms with Crippen LogP contribution >= 0.6 is 11.6 Å². The summed E-state index contributed by atoms with van der Waals surface area (Å²) in [5, 5.41) is 6.66. The molecule has 6 heteroatoms. The Labute approximate surface area is 136 Å². The van der Waals surface area contributed by atoms with Gasteiger partial charge in [-0.2, -0.15) is 0 Å². The smallest absolute Gasteiger partial charge is 0.251 e. The first kappa shape index (κ1) is 16.9. The molecule has 2 N–H and O–H groups in total. The first-order valence-corrected chi connectivity index (χ1v) is 8.05. The molecule has 1 atom stereocenters. The highest BCUT2D eigenvalue weighted by Gasteiger charge is 2.18. The van der Waals surface area contributed by atoms with E-state index in [-0.39, 0.29) is 5.91 Å². The summed E-state index contributed by atoms with van der Waals surface area (Å²) in [6.45, 7) is 4.20. The number of hydrogen-bond acceptors (Lipinski definition) is 4. The summed E-state index contributed by atoms with van der Waals surface area (Å²) in [7, 11) is 1.54. The van der Waals surface area contributed by atoms with Gasteiger partial charge in [0.05, 0.1) is 18.7 Å². The lowest BCUT2D eigenvalue weighted by molar-refractivity contribution is 0.0950. The van der Waals surface area contributed by atoms with Gasteiger partial charge in [0.25, 0.3) is 5.91 Å². The Balaban J connectivity index is 2.06. The monoisotopic (exact) mass is 326 g/mol. The number of nitrogens with one attached hydrogen (secondary N) is 2. The lowest BCUT2D eigenvalue weighted by Gasteiger charge is -2.15. The fourth-order valence-electron chi connectivity index (χ4n) is 2.44. The van der Waals surface area contributed by atoms with E-state index < -0.39 is 0 Å². The van der Waals surface area contributed by atoms with E-state index in [2.05, 4.69) is 10.6 Å². The summed E-state index contributed by atoms with van der Waals surface area (Å²) >= 11 is 6.22. The third-order valence-corrected chi connectivity index (χ3v) is 3.89. The van der Waals surface area contributed by atoms with Gasteiger partial charge >= 0.3 is 0 Å². The lowest BCUT2D eigenvalue weighted by atomic mass is 10.1. The molecule has 0 bridgehead atoms. The SMILES string of the molecule is CCCOc1c(Cl)cc(C(=O)NCC2CCCN2)cc1OC. The van der Waals surface area contributed by atoms with Crippen molar-refractivity contribution in [2.24, 2.45) is 0 Å². The Morgan fingerprint density at radius 1 is 1.50 bits per heavy atom. The number of rotatable bonds is 7. The highest BCUT2D eigenvalue weighted by Crippen LogP contribution is 2.36. The van der Waals surface area contributed by atoms with Gasteiger partial charge in [0, 0.05) is 18.2 Å². The summed E-state index contributed by atoms with van der Waals surface area (Å²) < 4.78 is 10.9. The number of methoxy groups -OCH3 is 1. The molecule has 1 heterocycles. The predicted octanol–water partition coefficient (Wildman–Crippen LogP) is 2.62. The van der Waals surface area contributed by atoms with Crippen molar-refractivity contribution in [3.63, 3.8) is 0 Å². The van der Waals surface area contributed by atoms with Crippen LogP contribution in [0.4, 0.5) is 0 Å². The molecule has 1 aromatic rings. The van der Waals surface area contributed by atoms with Gasteiger partial charge in [0.1, 0.15) is 0 Å². The van der Waals surface area contributed by atoms with Crippen LogP contribution in [-0.4, -0.2) is 38.8 Å². The minimum atomic E-state index is -0.157. The predicted molar refractivity (Wildman–Crippen MR) is 87.1 cm³/mol. The topological polar surface area (TPSA) is 59.6 Å². The van der Waals surface area contributed by atoms with Gasteiger partial charge in [-0.3, -0.25) is 4.79 Å². The first-order valence-electron chi connectivity index (χ1n) is 7.67. The first-order chi connectivity index (χ1) is 10.7. The summed E-state index contributed by atoms with van der Waals surface area (Å²) in [5.41, 5.74) is 0.476. The van der Waals surface area contributed by atoms with Crippen molar-refractivity contribution >= 4 is 17.5 Å². The van der Waals surface area contributed by atoms with Gasteiger partial charge in [-0.1, -0.05) is 18.5 Å². The van der Waals surface area contributed by atoms with E-state index in [1.54, 1.807) is 12.1 Å². The number of halogens is 1. The second-order valence-electron chi connectivity index (χ2n) is 5.34. The van der Waals surface area contributed by atoms with Crippen LogP contribution in [0.15, 0.2) is 12.1 Å². The molecule has 5 nitrogen and oxygen atoms in total. The minimum Gasteiger partial charge on any atom is -0.493 e. The molecule has 122 valence electrons. The molecule has 1 aliphatic rings. The van der Waals surface area contributed by atoms with Crippen LogP contribution in [0.5, 0.6) is 11.5 Å². The van der Waals surface area contributed by atoms with Crippen LogP contribution in [0, 0.1) is 0 Å². The third kappa shape index (κ3) is 4.27. The zero-order valence-corrected chi connectivity index (χ0v) is 13.8. The molecular weight excluding hydrogens is 304 g/mol. The van der Waals surface area contributed by atoms with Gasteiger partial charge in [-0.15, -0.1) is 0 Å². The molecule has 0 aromatic heterocycles. The van der Waals surface area contributed by atoms with Crippen LogP contribution < -0.4 is 20.1 Å². The molecular formula is C16H23ClN2O3. The van der Waals surface area contributed by atoms with E-state index in [0.29, 0.717) is 41.3 Å². The molecule has 2 rings (SSSR count). The number of benzene rings is 1. The maximum Gasteiger partial charge on any atom is 0.251 e. The van der Waals surface area contributed by atoms with Crippen LogP contribution in [0.1, 0.15) is 36.5 Å². The molecule has 1 saturated heterocycles. The highest BCUT2D eigenvalue weighted by molar-refractivity contribution is 6.32. The van der Waals surface area contributed by atoms with Crippen molar-refractivity contribution in [3.8, 4) is 11.5 Å². The largest absolute Gasteiger partial charge is 0.493 e. The molecule has 1 amide bonds. The highest BCUT2D eigenvalue weighted by atomic mass is 35.5. The Kier molecular flexibility index (Phi) is 6.34. The van der Waals surface area contributed by atoms with Crippen molar-refractivity contribution in [1.29, 1.82) is 0 Å². The second-order valence-corrected chi connectivity index (χ2v) is 5.75. The molecule has 22 heavy (non-hydrogen) atoms. The summed E-state index contributed by atoms with van der Waals surface area (Å²) in [6.07, 6.45) is 3.12. The van der Waals surface area contributed by atoms with Gasteiger partial charge in [0.2, 0.25) is 0 Å². The van der Waals surface area contributed by atoms with Crippen molar-refractivity contribution in [2.45, 2.75) is 32.2 Å². The Bertz CT molecular complexity index is 516. The summed E-state index contributed by atoms with van der Waals surface area (Å²) in [4.78, 5) is 12.3. The van der Waals surface area contributed by atoms with E-state index in [1.807, 2.05) is 6.92 Å². The van der Waals surface area contributed by atoms with Crippen LogP contribution in [-0.2, 0) is 0 Å². The number of amides is 1. The lowest BCUT2D eigenvalue weighted by Crippen LogP contribution is -2.37. The fraction of sp³-hybridized carbons (Fsp3) is 0.562. The Morgan fingerprint density at radius 3 is 2.95 bits per heavy atom. The van der Waals surface area contributed by atoms with E-state index in [1.165, 1.54) is 7.11 Å². The molecule has 0 radical (unpaired) electrons. The second kappa shape index (κ2) is 8.25. The number of carbonyl (C=O) groups excluding carboxylic acids is 1. The summed E-state index contributed by atoms with van der Waals surface area (Å²) in [6, 6.07) is 3.63. The zero-order chi connectivity index (χ0) is 15.9. The van der Waals surface area contributed by atoms with Crippen molar-refractivity contribution in [2.75, 3.05) is 26.8 Å². The van der Waals surface area contributed by atoms with Gasteiger partial charge in [-0.05, 0) is 37.9 Å². The van der Waals surface area contributed by atoms with Crippen LogP contribution in [0.3, 0.4) is 0 Å². The van der Waals surface area contributed by atoms with E-state index >= 15 is 0 Å². The van der Waals surface area contributed by atoms with E-state index in [4.69, 9.17) is 21.1 Å². The maximum absolute atomic E-state index is 12.3. The third-order valence-electron chi connectivity index (χ3n) is 3.61. The molecule has 1 unspecified atom stereocenters. The normalized spacial score (nSPS) is 17.3. The molecule has 0 aliphatic carbocycles. The molecule has 0 spiro atoms. The number of ether oxygens (including phenoxy) is 2. The molecule has 1 fully saturated rings. The minimum absolute atomic E-state index is 0.157. The fourth-order valence-corrected chi connectivity index (χ4v) is 2.71. The molecule has 1 aliphatic heterocycles. The van der Waals surface area contributed by atoms with E-state index in [9.17, 15) is 4.79 Å². The standard InChI is InChI=1S/C16H23ClN2O3/c1-3-7-22-15-13(17)8-11(9-14(15)21-2)16(20)19-10-12-5-4-6-18-12/h8-9,12,18H,3-7,10H2,1-2H3,(H,19,20). The summed E-state index contributed by atoms with van der Waals surface area (Å²) in [5.74, 6) is 0.807. The van der Waals surface area contributed by atoms with Crippen LogP contribution in [0.25, 0.3) is 0 Å². The average Bonchev–Trinajstić information content (AvgIpc) is 3.04. The number of hydrogen-bond donors (Lipinski definition) is 2. The van der Waals surface area contributed by atoms with Crippen molar-refractivity contribution in [3.05, 3.63) is 22.7 Å². The Hall–Kier alpha value is -1.46. The van der Waals surface area contributed by atoms with Gasteiger partial charge < -0.3 is 20.1 Å². The average molecular weight is 327 g/mol. The molecule has 0 saturated carbocycles. The maximum atomic E-state index is 12.3. The zero-order valence-electron chi connectivity index (χ0n) is 13.1. The van der Waals surface area contributed by atoms with Gasteiger partial charge in [-0.25, -0.2) is 0 Å². The quantitative estimate of drug-likeness (QED) is 0.808. The Morgan fingerprint density at radius 2 is 2.32 bits per heavy atom. The van der Waals surface area contributed by atoms with Crippen molar-refractivity contribution < 1.29 is 14.3 Å². The molecule has 1 aromatic carbocycles. The van der Waals surface area contributed by atoms with E-state index in [0.717, 1.165) is 25.8 Å².